The van der Waals surface area contributed by atoms with Crippen molar-refractivity contribution in [3.63, 3.8) is 0 Å². The molecule has 1 aliphatic rings. The minimum atomic E-state index is -0.203. The molecule has 1 aromatic carbocycles. The van der Waals surface area contributed by atoms with Crippen LogP contribution in [-0.4, -0.2) is 35.2 Å². The van der Waals surface area contributed by atoms with Crippen LogP contribution in [0, 0.1) is 5.92 Å². The highest BCUT2D eigenvalue weighted by Crippen LogP contribution is 2.32. The van der Waals surface area contributed by atoms with Crippen LogP contribution in [0.2, 0.25) is 0 Å². The van der Waals surface area contributed by atoms with Gasteiger partial charge in [0.15, 0.2) is 0 Å². The van der Waals surface area contributed by atoms with Crippen LogP contribution in [-0.2, 0) is 9.59 Å². The summed E-state index contributed by atoms with van der Waals surface area (Å²) in [5.41, 5.74) is 0.800. The normalized spacial score (nSPS) is 17.0. The van der Waals surface area contributed by atoms with Crippen LogP contribution in [0.3, 0.4) is 0 Å². The molecule has 0 unspecified atom stereocenters. The number of benzene rings is 1. The minimum absolute atomic E-state index is 0.00914. The van der Waals surface area contributed by atoms with Gasteiger partial charge in [0.05, 0.1) is 12.5 Å². The van der Waals surface area contributed by atoms with Crippen LogP contribution in [0.25, 0.3) is 0 Å². The molecular weight excluding hydrogens is 336 g/mol. The number of anilines is 2. The third-order valence-corrected chi connectivity index (χ3v) is 4.13. The van der Waals surface area contributed by atoms with Gasteiger partial charge in [-0.3, -0.25) is 14.9 Å². The molecule has 1 aromatic heterocycles. The van der Waals surface area contributed by atoms with Crippen molar-refractivity contribution in [2.24, 2.45) is 5.92 Å². The van der Waals surface area contributed by atoms with Crippen molar-refractivity contribution in [1.82, 2.24) is 10.2 Å². The molecule has 8 nitrogen and oxygen atoms in total. The van der Waals surface area contributed by atoms with E-state index in [2.05, 4.69) is 15.5 Å². The summed E-state index contributed by atoms with van der Waals surface area (Å²) in [7, 11) is 0. The first-order valence-electron chi connectivity index (χ1n) is 8.65. The Balaban J connectivity index is 1.68. The largest absolute Gasteiger partial charge is 0.494 e. The Morgan fingerprint density at radius 1 is 1.35 bits per heavy atom. The Morgan fingerprint density at radius 2 is 2.08 bits per heavy atom. The number of carbonyl (C=O) groups is 2. The fourth-order valence-corrected chi connectivity index (χ4v) is 2.71. The molecule has 26 heavy (non-hydrogen) atoms. The molecule has 0 radical (unpaired) electrons. The molecule has 1 atom stereocenters. The van der Waals surface area contributed by atoms with E-state index in [0.29, 0.717) is 19.0 Å². The number of rotatable bonds is 6. The van der Waals surface area contributed by atoms with E-state index in [-0.39, 0.29) is 36.1 Å². The second-order valence-electron chi connectivity index (χ2n) is 6.42. The maximum atomic E-state index is 12.4. The number of nitrogens with zero attached hydrogens (tertiary/aromatic N) is 3. The lowest BCUT2D eigenvalue weighted by Crippen LogP contribution is -2.24. The summed E-state index contributed by atoms with van der Waals surface area (Å²) in [5.74, 6) is 0.524. The third kappa shape index (κ3) is 3.84. The molecule has 0 aliphatic carbocycles. The Morgan fingerprint density at radius 3 is 2.73 bits per heavy atom. The molecule has 0 spiro atoms. The summed E-state index contributed by atoms with van der Waals surface area (Å²) in [6.07, 6.45) is 0.285. The molecule has 1 aliphatic heterocycles. The van der Waals surface area contributed by atoms with Crippen LogP contribution in [0.5, 0.6) is 5.75 Å². The van der Waals surface area contributed by atoms with E-state index in [4.69, 9.17) is 9.15 Å². The summed E-state index contributed by atoms with van der Waals surface area (Å²) in [4.78, 5) is 25.8. The lowest BCUT2D eigenvalue weighted by atomic mass is 10.1. The molecule has 0 saturated carbocycles. The van der Waals surface area contributed by atoms with Gasteiger partial charge in [-0.1, -0.05) is 18.9 Å². The van der Waals surface area contributed by atoms with Crippen LogP contribution in [0.15, 0.2) is 28.7 Å². The fourth-order valence-electron chi connectivity index (χ4n) is 2.71. The fraction of sp³-hybridized carbons (Fsp3) is 0.444. The number of nitrogens with one attached hydrogen (secondary N) is 1. The van der Waals surface area contributed by atoms with E-state index in [1.807, 2.05) is 31.2 Å². The maximum Gasteiger partial charge on any atom is 0.322 e. The Bertz CT molecular complexity index is 785. The van der Waals surface area contributed by atoms with E-state index >= 15 is 0 Å². The molecule has 8 heteroatoms. The van der Waals surface area contributed by atoms with Crippen molar-refractivity contribution in [3.05, 3.63) is 30.2 Å². The first-order valence-corrected chi connectivity index (χ1v) is 8.65. The second-order valence-corrected chi connectivity index (χ2v) is 6.42. The van der Waals surface area contributed by atoms with Gasteiger partial charge in [0.1, 0.15) is 5.75 Å². The van der Waals surface area contributed by atoms with Crippen LogP contribution >= 0.6 is 0 Å². The molecule has 1 fully saturated rings. The number of ether oxygens (including phenoxy) is 1. The van der Waals surface area contributed by atoms with Crippen molar-refractivity contribution >= 4 is 23.5 Å². The molecule has 138 valence electrons. The predicted molar refractivity (Wildman–Crippen MR) is 95.1 cm³/mol. The number of hydrogen-bond acceptors (Lipinski definition) is 6. The summed E-state index contributed by atoms with van der Waals surface area (Å²) >= 11 is 0. The lowest BCUT2D eigenvalue weighted by molar-refractivity contribution is -0.119. The molecule has 2 aromatic rings. The molecular formula is C18H22N4O4. The smallest absolute Gasteiger partial charge is 0.322 e. The lowest BCUT2D eigenvalue weighted by Gasteiger charge is -2.16. The van der Waals surface area contributed by atoms with Gasteiger partial charge in [-0.2, -0.15) is 0 Å². The van der Waals surface area contributed by atoms with Crippen molar-refractivity contribution < 1.29 is 18.7 Å². The number of aromatic nitrogens is 2. The van der Waals surface area contributed by atoms with Gasteiger partial charge in [0.2, 0.25) is 17.7 Å². The monoisotopic (exact) mass is 358 g/mol. The summed E-state index contributed by atoms with van der Waals surface area (Å²) in [6, 6.07) is 7.45. The highest BCUT2D eigenvalue weighted by molar-refractivity contribution is 5.96. The van der Waals surface area contributed by atoms with Gasteiger partial charge < -0.3 is 14.1 Å². The average molecular weight is 358 g/mol. The molecule has 1 saturated heterocycles. The topological polar surface area (TPSA) is 97.6 Å². The summed E-state index contributed by atoms with van der Waals surface area (Å²) in [6.45, 7) is 6.52. The van der Waals surface area contributed by atoms with E-state index in [9.17, 15) is 9.59 Å². The maximum absolute atomic E-state index is 12.4. The number of carbonyl (C=O) groups excluding carboxylic acids is 2. The average Bonchev–Trinajstić information content (AvgIpc) is 3.22. The molecule has 3 rings (SSSR count). The highest BCUT2D eigenvalue weighted by atomic mass is 16.5. The molecule has 1 N–H and O–H groups in total. The molecule has 2 heterocycles. The number of amides is 2. The van der Waals surface area contributed by atoms with Crippen LogP contribution in [0.1, 0.15) is 39.0 Å². The van der Waals surface area contributed by atoms with Gasteiger partial charge in [-0.05, 0) is 31.2 Å². The van der Waals surface area contributed by atoms with Crippen LogP contribution in [0.4, 0.5) is 11.7 Å². The summed E-state index contributed by atoms with van der Waals surface area (Å²) < 4.78 is 10.9. The zero-order chi connectivity index (χ0) is 18.7. The van der Waals surface area contributed by atoms with Gasteiger partial charge >= 0.3 is 6.01 Å². The van der Waals surface area contributed by atoms with Crippen LogP contribution < -0.4 is 15.0 Å². The Hall–Kier alpha value is -2.90. The first-order chi connectivity index (χ1) is 12.5. The van der Waals surface area contributed by atoms with Crippen molar-refractivity contribution in [2.45, 2.75) is 33.1 Å². The van der Waals surface area contributed by atoms with Gasteiger partial charge in [0, 0.05) is 24.6 Å². The quantitative estimate of drug-likeness (QED) is 0.852. The Labute approximate surface area is 151 Å². The van der Waals surface area contributed by atoms with E-state index in [0.717, 1.165) is 11.4 Å². The second kappa shape index (κ2) is 7.55. The zero-order valence-electron chi connectivity index (χ0n) is 15.1. The predicted octanol–water partition coefficient (Wildman–Crippen LogP) is 2.58. The molecule has 0 bridgehead atoms. The van der Waals surface area contributed by atoms with Crippen molar-refractivity contribution in [2.75, 3.05) is 23.4 Å². The standard InChI is InChI=1S/C18H22N4O4/c1-4-25-14-7-5-13(6-8-14)22-10-12(9-15(22)23)17-20-21-18(26-17)19-16(24)11(2)3/h5-8,11-12H,4,9-10H2,1-3H3,(H,19,21,24)/t12-/m0/s1. The van der Waals surface area contributed by atoms with E-state index in [1.54, 1.807) is 18.7 Å². The highest BCUT2D eigenvalue weighted by Gasteiger charge is 2.35. The first kappa shape index (κ1) is 17.9. The van der Waals surface area contributed by atoms with Crippen molar-refractivity contribution in [3.8, 4) is 5.75 Å². The van der Waals surface area contributed by atoms with E-state index in [1.165, 1.54) is 0 Å². The van der Waals surface area contributed by atoms with Gasteiger partial charge in [0.25, 0.3) is 0 Å². The zero-order valence-corrected chi connectivity index (χ0v) is 15.1. The minimum Gasteiger partial charge on any atom is -0.494 e. The number of hydrogen-bond donors (Lipinski definition) is 1. The van der Waals surface area contributed by atoms with Gasteiger partial charge in [-0.25, -0.2) is 0 Å². The van der Waals surface area contributed by atoms with E-state index < -0.39 is 0 Å². The van der Waals surface area contributed by atoms with Crippen molar-refractivity contribution in [1.29, 1.82) is 0 Å². The molecule has 2 amide bonds. The van der Waals surface area contributed by atoms with Gasteiger partial charge in [-0.15, -0.1) is 5.10 Å². The summed E-state index contributed by atoms with van der Waals surface area (Å²) in [5, 5.41) is 10.4. The SMILES string of the molecule is CCOc1ccc(N2C[C@@H](c3nnc(NC(=O)C(C)C)o3)CC2=O)cc1. The Kier molecular flexibility index (Phi) is 5.20. The third-order valence-electron chi connectivity index (χ3n) is 4.13.